The molecule has 0 radical (unpaired) electrons. The molecule has 0 unspecified atom stereocenters. The maximum absolute atomic E-state index is 11.9. The molecular weight excluding hydrogens is 228 g/mol. The van der Waals surface area contributed by atoms with Crippen LogP contribution in [0.15, 0.2) is 18.3 Å². The lowest BCUT2D eigenvalue weighted by Crippen LogP contribution is -2.27. The fraction of sp³-hybridized carbons (Fsp3) is 0.500. The second-order valence-electron chi connectivity index (χ2n) is 4.11. The van der Waals surface area contributed by atoms with Gasteiger partial charge >= 0.3 is 0 Å². The minimum Gasteiger partial charge on any atom is -0.493 e. The van der Waals surface area contributed by atoms with Crippen molar-refractivity contribution in [1.82, 2.24) is 4.98 Å². The number of sulfonamides is 1. The third kappa shape index (κ3) is 1.84. The highest BCUT2D eigenvalue weighted by Gasteiger charge is 2.50. The van der Waals surface area contributed by atoms with Gasteiger partial charge in [0.2, 0.25) is 10.0 Å². The van der Waals surface area contributed by atoms with Crippen LogP contribution in [0.1, 0.15) is 19.8 Å². The molecule has 0 bridgehead atoms. The standard InChI is InChI=1S/C10H14N2O3S/c1-10(5-6-10)16(13,14)12-9-8(15-2)4-3-7-11-9/h3-4,7H,5-6H2,1-2H3,(H,11,12). The number of pyridine rings is 1. The van der Waals surface area contributed by atoms with Gasteiger partial charge in [0.15, 0.2) is 11.6 Å². The first kappa shape index (κ1) is 11.2. The Kier molecular flexibility index (Phi) is 2.53. The molecule has 0 amide bonds. The summed E-state index contributed by atoms with van der Waals surface area (Å²) in [5.41, 5.74) is 0. The van der Waals surface area contributed by atoms with Gasteiger partial charge in [-0.15, -0.1) is 0 Å². The molecule has 0 aromatic carbocycles. The van der Waals surface area contributed by atoms with E-state index in [1.54, 1.807) is 19.1 Å². The summed E-state index contributed by atoms with van der Waals surface area (Å²) in [7, 11) is -1.88. The van der Waals surface area contributed by atoms with Crippen molar-refractivity contribution in [3.8, 4) is 5.75 Å². The van der Waals surface area contributed by atoms with Crippen molar-refractivity contribution in [1.29, 1.82) is 0 Å². The molecule has 1 aromatic heterocycles. The van der Waals surface area contributed by atoms with Crippen LogP contribution >= 0.6 is 0 Å². The molecule has 2 rings (SSSR count). The number of ether oxygens (including phenoxy) is 1. The normalized spacial score (nSPS) is 17.9. The number of nitrogens with one attached hydrogen (secondary N) is 1. The molecule has 88 valence electrons. The quantitative estimate of drug-likeness (QED) is 0.866. The van der Waals surface area contributed by atoms with E-state index in [1.165, 1.54) is 13.3 Å². The molecule has 0 spiro atoms. The predicted molar refractivity (Wildman–Crippen MR) is 61.0 cm³/mol. The molecule has 1 aliphatic carbocycles. The summed E-state index contributed by atoms with van der Waals surface area (Å²) in [5.74, 6) is 0.674. The minimum absolute atomic E-state index is 0.248. The van der Waals surface area contributed by atoms with Crippen molar-refractivity contribution < 1.29 is 13.2 Å². The van der Waals surface area contributed by atoms with Gasteiger partial charge in [0.25, 0.3) is 0 Å². The maximum atomic E-state index is 11.9. The third-order valence-electron chi connectivity index (χ3n) is 2.82. The largest absolute Gasteiger partial charge is 0.493 e. The van der Waals surface area contributed by atoms with Crippen LogP contribution in [-0.2, 0) is 10.0 Å². The van der Waals surface area contributed by atoms with E-state index in [9.17, 15) is 8.42 Å². The highest BCUT2D eigenvalue weighted by molar-refractivity contribution is 7.94. The molecule has 0 atom stereocenters. The van der Waals surface area contributed by atoms with Crippen LogP contribution in [0.5, 0.6) is 5.75 Å². The van der Waals surface area contributed by atoms with Crippen molar-refractivity contribution in [2.24, 2.45) is 0 Å². The van der Waals surface area contributed by atoms with Gasteiger partial charge in [0, 0.05) is 6.20 Å². The highest BCUT2D eigenvalue weighted by atomic mass is 32.2. The number of methoxy groups -OCH3 is 1. The summed E-state index contributed by atoms with van der Waals surface area (Å²) in [4.78, 5) is 3.96. The average molecular weight is 242 g/mol. The van der Waals surface area contributed by atoms with E-state index < -0.39 is 14.8 Å². The van der Waals surface area contributed by atoms with E-state index in [0.29, 0.717) is 18.6 Å². The number of aromatic nitrogens is 1. The van der Waals surface area contributed by atoms with Crippen LogP contribution in [0.4, 0.5) is 5.82 Å². The Morgan fingerprint density at radius 3 is 2.75 bits per heavy atom. The van der Waals surface area contributed by atoms with Gasteiger partial charge in [-0.25, -0.2) is 13.4 Å². The number of hydrogen-bond donors (Lipinski definition) is 1. The van der Waals surface area contributed by atoms with E-state index in [0.717, 1.165) is 0 Å². The van der Waals surface area contributed by atoms with Crippen LogP contribution in [0, 0.1) is 0 Å². The summed E-state index contributed by atoms with van der Waals surface area (Å²) in [5, 5.41) is 0. The van der Waals surface area contributed by atoms with E-state index in [2.05, 4.69) is 9.71 Å². The molecule has 1 saturated carbocycles. The molecule has 16 heavy (non-hydrogen) atoms. The van der Waals surface area contributed by atoms with E-state index in [4.69, 9.17) is 4.74 Å². The monoisotopic (exact) mass is 242 g/mol. The van der Waals surface area contributed by atoms with Crippen LogP contribution in [-0.4, -0.2) is 25.3 Å². The zero-order chi connectivity index (χ0) is 11.8. The highest BCUT2D eigenvalue weighted by Crippen LogP contribution is 2.43. The summed E-state index contributed by atoms with van der Waals surface area (Å²) >= 11 is 0. The van der Waals surface area contributed by atoms with Gasteiger partial charge < -0.3 is 4.74 Å². The molecule has 1 N–H and O–H groups in total. The Balaban J connectivity index is 2.27. The Hall–Kier alpha value is -1.30. The Morgan fingerprint density at radius 1 is 1.50 bits per heavy atom. The predicted octanol–water partition coefficient (Wildman–Crippen LogP) is 1.38. The second-order valence-corrected chi connectivity index (χ2v) is 6.31. The van der Waals surface area contributed by atoms with E-state index >= 15 is 0 Å². The first-order chi connectivity index (χ1) is 7.48. The molecular formula is C10H14N2O3S. The smallest absolute Gasteiger partial charge is 0.239 e. The molecule has 1 heterocycles. The molecule has 6 heteroatoms. The fourth-order valence-electron chi connectivity index (χ4n) is 1.33. The molecule has 5 nitrogen and oxygen atoms in total. The van der Waals surface area contributed by atoms with Crippen LogP contribution in [0.2, 0.25) is 0 Å². The van der Waals surface area contributed by atoms with Crippen molar-refractivity contribution in [2.75, 3.05) is 11.8 Å². The Bertz CT molecular complexity index is 495. The number of nitrogens with zero attached hydrogens (tertiary/aromatic N) is 1. The van der Waals surface area contributed by atoms with Gasteiger partial charge in [0.1, 0.15) is 0 Å². The Morgan fingerprint density at radius 2 is 2.19 bits per heavy atom. The summed E-state index contributed by atoms with van der Waals surface area (Å²) in [6.45, 7) is 1.73. The molecule has 1 aliphatic rings. The topological polar surface area (TPSA) is 68.3 Å². The molecule has 0 saturated heterocycles. The first-order valence-electron chi connectivity index (χ1n) is 5.00. The average Bonchev–Trinajstić information content (AvgIpc) is 2.98. The summed E-state index contributed by atoms with van der Waals surface area (Å²) in [6, 6.07) is 3.36. The van der Waals surface area contributed by atoms with Crippen molar-refractivity contribution in [3.63, 3.8) is 0 Å². The summed E-state index contributed by atoms with van der Waals surface area (Å²) < 4.78 is 30.8. The Labute approximate surface area is 94.9 Å². The van der Waals surface area contributed by atoms with Gasteiger partial charge in [-0.3, -0.25) is 4.72 Å². The lowest BCUT2D eigenvalue weighted by molar-refractivity contribution is 0.415. The number of rotatable bonds is 4. The SMILES string of the molecule is COc1cccnc1NS(=O)(=O)C1(C)CC1. The molecule has 0 aliphatic heterocycles. The third-order valence-corrected chi connectivity index (χ3v) is 4.99. The van der Waals surface area contributed by atoms with Gasteiger partial charge in [-0.2, -0.15) is 0 Å². The van der Waals surface area contributed by atoms with E-state index in [-0.39, 0.29) is 5.82 Å². The lowest BCUT2D eigenvalue weighted by Gasteiger charge is -2.14. The van der Waals surface area contributed by atoms with Crippen LogP contribution < -0.4 is 9.46 Å². The minimum atomic E-state index is -3.36. The van der Waals surface area contributed by atoms with Gasteiger partial charge in [0.05, 0.1) is 11.9 Å². The zero-order valence-corrected chi connectivity index (χ0v) is 10.0. The van der Waals surface area contributed by atoms with E-state index in [1.807, 2.05) is 0 Å². The molecule has 1 aromatic rings. The van der Waals surface area contributed by atoms with Crippen LogP contribution in [0.25, 0.3) is 0 Å². The van der Waals surface area contributed by atoms with Crippen molar-refractivity contribution in [2.45, 2.75) is 24.5 Å². The zero-order valence-electron chi connectivity index (χ0n) is 9.23. The second kappa shape index (κ2) is 3.62. The maximum Gasteiger partial charge on any atom is 0.239 e. The first-order valence-corrected chi connectivity index (χ1v) is 6.48. The lowest BCUT2D eigenvalue weighted by atomic mass is 10.4. The number of hydrogen-bond acceptors (Lipinski definition) is 4. The van der Waals surface area contributed by atoms with Gasteiger partial charge in [-0.05, 0) is 31.9 Å². The molecule has 1 fully saturated rings. The van der Waals surface area contributed by atoms with Crippen LogP contribution in [0.3, 0.4) is 0 Å². The van der Waals surface area contributed by atoms with Crippen molar-refractivity contribution >= 4 is 15.8 Å². The van der Waals surface area contributed by atoms with Gasteiger partial charge in [-0.1, -0.05) is 0 Å². The van der Waals surface area contributed by atoms with Crippen molar-refractivity contribution in [3.05, 3.63) is 18.3 Å². The summed E-state index contributed by atoms with van der Waals surface area (Å²) in [6.07, 6.45) is 2.91. The fourth-order valence-corrected chi connectivity index (χ4v) is 2.62. The number of anilines is 1.